The van der Waals surface area contributed by atoms with E-state index in [1.165, 1.54) is 35.9 Å². The molecule has 0 nitrogen and oxygen atoms in total. The Bertz CT molecular complexity index is 1140. The second kappa shape index (κ2) is 13.9. The van der Waals surface area contributed by atoms with Crippen LogP contribution in [0.3, 0.4) is 0 Å². The molecular formula is C32H44Cl2SiZr-2. The Morgan fingerprint density at radius 1 is 0.806 bits per heavy atom. The summed E-state index contributed by atoms with van der Waals surface area (Å²) in [4.78, 5) is 0. The number of fused-ring (bicyclic) bond motifs is 3. The summed E-state index contributed by atoms with van der Waals surface area (Å²) >= 11 is 1.55. The number of benzene rings is 2. The maximum absolute atomic E-state index is 3.20. The van der Waals surface area contributed by atoms with Crippen molar-refractivity contribution in [3.8, 4) is 0 Å². The van der Waals surface area contributed by atoms with Gasteiger partial charge in [-0.15, -0.1) is 46.2 Å². The monoisotopic (exact) mass is 616 g/mol. The van der Waals surface area contributed by atoms with Gasteiger partial charge in [0.25, 0.3) is 0 Å². The SMILES string of the molecule is CC(C)(C)c1ccc2[cH-]c3ccc(C(C)(C)C)cc3c2c1.C[C](C)=[Zr+2].C[Si](C)(C)C1=CC[C-]=C1.[Cl-].[Cl-]. The third kappa shape index (κ3) is 10.2. The molecule has 0 atom stereocenters. The molecule has 0 aromatic heterocycles. The van der Waals surface area contributed by atoms with Crippen LogP contribution in [0.15, 0.2) is 59.8 Å². The van der Waals surface area contributed by atoms with Gasteiger partial charge in [0.2, 0.25) is 0 Å². The number of hydrogen-bond acceptors (Lipinski definition) is 0. The summed E-state index contributed by atoms with van der Waals surface area (Å²) in [6.07, 6.45) is 8.69. The van der Waals surface area contributed by atoms with Crippen molar-refractivity contribution in [3.05, 3.63) is 77.0 Å². The van der Waals surface area contributed by atoms with Crippen LogP contribution in [-0.4, -0.2) is 11.3 Å². The van der Waals surface area contributed by atoms with Crippen molar-refractivity contribution >= 4 is 32.8 Å². The summed E-state index contributed by atoms with van der Waals surface area (Å²) < 4.78 is 1.51. The minimum atomic E-state index is -0.981. The molecule has 0 N–H and O–H groups in total. The molecule has 0 radical (unpaired) electrons. The average molecular weight is 619 g/mol. The van der Waals surface area contributed by atoms with E-state index in [-0.39, 0.29) is 35.6 Å². The fraction of sp³-hybridized carbons (Fsp3) is 0.438. The summed E-state index contributed by atoms with van der Waals surface area (Å²) in [5.41, 5.74) is 3.20. The first-order valence-corrected chi connectivity index (χ1v) is 17.2. The van der Waals surface area contributed by atoms with Crippen LogP contribution >= 0.6 is 0 Å². The molecule has 4 rings (SSSR count). The van der Waals surface area contributed by atoms with Gasteiger partial charge in [-0.25, -0.2) is 11.3 Å². The molecule has 0 unspecified atom stereocenters. The second-order valence-electron chi connectivity index (χ2n) is 12.7. The molecule has 1 aliphatic carbocycles. The normalized spacial score (nSPS) is 13.1. The van der Waals surface area contributed by atoms with E-state index in [0.717, 1.165) is 6.42 Å². The van der Waals surface area contributed by atoms with Crippen LogP contribution < -0.4 is 24.8 Å². The van der Waals surface area contributed by atoms with Crippen molar-refractivity contribution in [1.29, 1.82) is 0 Å². The topological polar surface area (TPSA) is 0 Å². The van der Waals surface area contributed by atoms with Gasteiger partial charge < -0.3 is 24.8 Å². The second-order valence-corrected chi connectivity index (χ2v) is 20.2. The molecule has 0 aliphatic heterocycles. The first-order chi connectivity index (χ1) is 15.5. The van der Waals surface area contributed by atoms with Crippen molar-refractivity contribution in [3.63, 3.8) is 0 Å². The molecule has 3 aromatic rings. The smallest absolute Gasteiger partial charge is 0.0114 e. The minimum Gasteiger partial charge on any atom is -1.00 e. The van der Waals surface area contributed by atoms with E-state index in [1.807, 2.05) is 0 Å². The fourth-order valence-electron chi connectivity index (χ4n) is 3.85. The van der Waals surface area contributed by atoms with Crippen LogP contribution in [0, 0.1) is 6.08 Å². The molecule has 0 bridgehead atoms. The first kappa shape index (κ1) is 35.3. The Morgan fingerprint density at radius 3 is 1.44 bits per heavy atom. The summed E-state index contributed by atoms with van der Waals surface area (Å²) in [6.45, 7) is 25.0. The van der Waals surface area contributed by atoms with Crippen molar-refractivity contribution in [2.75, 3.05) is 0 Å². The molecule has 36 heavy (non-hydrogen) atoms. The Morgan fingerprint density at radius 2 is 1.19 bits per heavy atom. The van der Waals surface area contributed by atoms with Crippen LogP contribution in [0.1, 0.15) is 72.9 Å². The van der Waals surface area contributed by atoms with Gasteiger partial charge >= 0.3 is 41.3 Å². The summed E-state index contributed by atoms with van der Waals surface area (Å²) in [7, 11) is -0.981. The van der Waals surface area contributed by atoms with Gasteiger partial charge in [0.1, 0.15) is 0 Å². The Kier molecular flexibility index (Phi) is 13.7. The van der Waals surface area contributed by atoms with Gasteiger partial charge in [-0.2, -0.15) is 6.08 Å². The number of halogens is 2. The van der Waals surface area contributed by atoms with Gasteiger partial charge in [-0.3, -0.25) is 6.08 Å². The zero-order chi connectivity index (χ0) is 25.9. The van der Waals surface area contributed by atoms with E-state index in [2.05, 4.69) is 136 Å². The quantitative estimate of drug-likeness (QED) is 0.289. The Balaban J connectivity index is 0.000000686. The minimum absolute atomic E-state index is 0. The van der Waals surface area contributed by atoms with E-state index in [1.54, 1.807) is 29.4 Å². The largest absolute Gasteiger partial charge is 1.00 e. The number of rotatable bonds is 1. The van der Waals surface area contributed by atoms with Crippen molar-refractivity contribution < 1.29 is 49.0 Å². The Labute approximate surface area is 249 Å². The summed E-state index contributed by atoms with van der Waals surface area (Å²) in [6, 6.07) is 16.1. The van der Waals surface area contributed by atoms with E-state index in [4.69, 9.17) is 0 Å². The predicted octanol–water partition coefficient (Wildman–Crippen LogP) is 3.61. The maximum Gasteiger partial charge on any atom is -0.0114 e. The standard InChI is InChI=1S/C21H25.C8H13Si.C3H6.2ClH.Zr/c1-20(2,3)16-9-7-14-11-15-8-10-17(21(4,5)6)13-19(15)18(14)12-16;1-9(2,3)8-6-4-5-7-8;1-3-2;;;/h7-13H,1-6H3;6-7H,4H2,1-3H3;1-2H3;2*1H;/q2*-1;;;;+2/p-2. The molecule has 0 fully saturated rings. The fourth-order valence-corrected chi connectivity index (χ4v) is 5.10. The molecule has 0 saturated carbocycles. The molecule has 196 valence electrons. The predicted molar refractivity (Wildman–Crippen MR) is 155 cm³/mol. The van der Waals surface area contributed by atoms with Crippen molar-refractivity contribution in [1.82, 2.24) is 0 Å². The van der Waals surface area contributed by atoms with Crippen LogP contribution in [-0.2, 0) is 35.1 Å². The molecule has 0 spiro atoms. The van der Waals surface area contributed by atoms with Crippen LogP contribution in [0.4, 0.5) is 0 Å². The third-order valence-corrected chi connectivity index (χ3v) is 8.08. The van der Waals surface area contributed by atoms with Crippen molar-refractivity contribution in [2.24, 2.45) is 0 Å². The average Bonchev–Trinajstić information content (AvgIpc) is 3.33. The first-order valence-electron chi connectivity index (χ1n) is 12.4. The van der Waals surface area contributed by atoms with Gasteiger partial charge in [0.15, 0.2) is 0 Å². The van der Waals surface area contributed by atoms with Crippen LogP contribution in [0.5, 0.6) is 0 Å². The zero-order valence-electron chi connectivity index (χ0n) is 24.2. The summed E-state index contributed by atoms with van der Waals surface area (Å²) in [5.74, 6) is 0. The van der Waals surface area contributed by atoms with Crippen LogP contribution in [0.2, 0.25) is 19.6 Å². The summed E-state index contributed by atoms with van der Waals surface area (Å²) in [5, 5.41) is 7.04. The number of allylic oxidation sites excluding steroid dienone is 4. The van der Waals surface area contributed by atoms with Crippen LogP contribution in [0.25, 0.3) is 21.5 Å². The van der Waals surface area contributed by atoms with Gasteiger partial charge in [0, 0.05) is 0 Å². The molecule has 1 aliphatic rings. The molecule has 0 heterocycles. The molecular weight excluding hydrogens is 575 g/mol. The molecule has 0 saturated heterocycles. The molecule has 0 amide bonds. The maximum atomic E-state index is 3.20. The van der Waals surface area contributed by atoms with E-state index in [9.17, 15) is 0 Å². The van der Waals surface area contributed by atoms with Gasteiger partial charge in [0.05, 0.1) is 0 Å². The zero-order valence-corrected chi connectivity index (χ0v) is 29.1. The Hall–Kier alpha value is -0.660. The molecule has 4 heteroatoms. The number of hydrogen-bond donors (Lipinski definition) is 0. The van der Waals surface area contributed by atoms with E-state index < -0.39 is 8.07 Å². The molecule has 3 aromatic carbocycles. The van der Waals surface area contributed by atoms with Gasteiger partial charge in [-0.05, 0) is 18.9 Å². The van der Waals surface area contributed by atoms with Crippen molar-refractivity contribution in [2.45, 2.75) is 92.3 Å². The van der Waals surface area contributed by atoms with Gasteiger partial charge in [-0.1, -0.05) is 96.6 Å². The third-order valence-electron chi connectivity index (χ3n) is 6.00. The van der Waals surface area contributed by atoms with E-state index >= 15 is 0 Å². The van der Waals surface area contributed by atoms with E-state index in [0.29, 0.717) is 0 Å².